The summed E-state index contributed by atoms with van der Waals surface area (Å²) in [4.78, 5) is 0. The molecule has 0 unspecified atom stereocenters. The maximum atomic E-state index is 10.0. The van der Waals surface area contributed by atoms with Crippen LogP contribution in [0.4, 0.5) is 0 Å². The van der Waals surface area contributed by atoms with Crippen LogP contribution >= 0.6 is 0 Å². The van der Waals surface area contributed by atoms with Crippen LogP contribution in [0, 0.1) is 5.92 Å². The molecule has 3 heteroatoms. The second-order valence-electron chi connectivity index (χ2n) is 5.33. The van der Waals surface area contributed by atoms with Crippen LogP contribution in [0.25, 0.3) is 0 Å². The topological polar surface area (TPSA) is 60.7 Å². The highest BCUT2D eigenvalue weighted by Crippen LogP contribution is 2.29. The molecule has 0 aliphatic heterocycles. The van der Waals surface area contributed by atoms with Crippen molar-refractivity contribution in [2.75, 3.05) is 0 Å². The largest absolute Gasteiger partial charge is 0.389 e. The van der Waals surface area contributed by atoms with Gasteiger partial charge in [-0.05, 0) is 49.7 Å². The second-order valence-corrected chi connectivity index (χ2v) is 5.33. The predicted octanol–water partition coefficient (Wildman–Crippen LogP) is 1.95. The van der Waals surface area contributed by atoms with Crippen molar-refractivity contribution in [2.24, 2.45) is 5.92 Å². The normalized spacial score (nSPS) is 35.3. The standard InChI is InChI=1S/C15H24O3/c1-9(2)12-7-14(17)10(3)5-6-13(16)11(4)15(18)8-12/h12-18H,1,3-8H2,2H3/t12-,13+,14-,15-/m0/s1. The summed E-state index contributed by atoms with van der Waals surface area (Å²) in [6, 6.07) is 0. The van der Waals surface area contributed by atoms with Gasteiger partial charge in [0.25, 0.3) is 0 Å². The number of aliphatic hydroxyl groups is 3. The number of hydrogen-bond donors (Lipinski definition) is 3. The summed E-state index contributed by atoms with van der Waals surface area (Å²) >= 11 is 0. The molecule has 0 radical (unpaired) electrons. The molecule has 0 bridgehead atoms. The highest BCUT2D eigenvalue weighted by Gasteiger charge is 2.26. The number of aliphatic hydroxyl groups excluding tert-OH is 3. The summed E-state index contributed by atoms with van der Waals surface area (Å²) in [6.07, 6.45) is -0.143. The summed E-state index contributed by atoms with van der Waals surface area (Å²) in [5.41, 5.74) is 2.10. The highest BCUT2D eigenvalue weighted by molar-refractivity contribution is 5.15. The van der Waals surface area contributed by atoms with Gasteiger partial charge in [-0.2, -0.15) is 0 Å². The van der Waals surface area contributed by atoms with Gasteiger partial charge in [-0.25, -0.2) is 0 Å². The summed E-state index contributed by atoms with van der Waals surface area (Å²) in [5.74, 6) is 0.00815. The molecule has 1 aliphatic carbocycles. The van der Waals surface area contributed by atoms with Gasteiger partial charge in [0.1, 0.15) is 0 Å². The average Bonchev–Trinajstić information content (AvgIpc) is 2.31. The first-order valence-electron chi connectivity index (χ1n) is 6.38. The molecule has 0 heterocycles. The molecule has 18 heavy (non-hydrogen) atoms. The van der Waals surface area contributed by atoms with Crippen molar-refractivity contribution in [3.05, 3.63) is 36.5 Å². The molecule has 0 saturated heterocycles. The van der Waals surface area contributed by atoms with E-state index in [0.717, 1.165) is 11.1 Å². The van der Waals surface area contributed by atoms with Crippen LogP contribution < -0.4 is 0 Å². The minimum Gasteiger partial charge on any atom is -0.389 e. The molecule has 1 saturated carbocycles. The first-order valence-corrected chi connectivity index (χ1v) is 6.38. The van der Waals surface area contributed by atoms with E-state index in [1.54, 1.807) is 0 Å². The fourth-order valence-electron chi connectivity index (χ4n) is 2.25. The summed E-state index contributed by atoms with van der Waals surface area (Å²) in [7, 11) is 0. The lowest BCUT2D eigenvalue weighted by atomic mass is 9.82. The maximum absolute atomic E-state index is 10.0. The molecule has 0 spiro atoms. The molecule has 1 rings (SSSR count). The molecule has 1 fully saturated rings. The zero-order valence-electron chi connectivity index (χ0n) is 11.1. The van der Waals surface area contributed by atoms with Crippen LogP contribution in [-0.4, -0.2) is 33.6 Å². The molecule has 0 aromatic carbocycles. The molecular formula is C15H24O3. The molecule has 1 aliphatic rings. The zero-order valence-corrected chi connectivity index (χ0v) is 11.1. The van der Waals surface area contributed by atoms with Gasteiger partial charge in [0.05, 0.1) is 18.3 Å². The van der Waals surface area contributed by atoms with E-state index in [9.17, 15) is 15.3 Å². The Morgan fingerprint density at radius 1 is 1.06 bits per heavy atom. The van der Waals surface area contributed by atoms with Gasteiger partial charge in [0.2, 0.25) is 0 Å². The Balaban J connectivity index is 2.89. The fourth-order valence-corrected chi connectivity index (χ4v) is 2.25. The van der Waals surface area contributed by atoms with Crippen molar-refractivity contribution in [3.63, 3.8) is 0 Å². The van der Waals surface area contributed by atoms with Crippen LogP contribution in [0.3, 0.4) is 0 Å². The zero-order chi connectivity index (χ0) is 13.9. The van der Waals surface area contributed by atoms with E-state index in [0.29, 0.717) is 31.3 Å². The van der Waals surface area contributed by atoms with Gasteiger partial charge in [0.15, 0.2) is 0 Å². The minimum absolute atomic E-state index is 0.00815. The van der Waals surface area contributed by atoms with Crippen LogP contribution in [0.1, 0.15) is 32.6 Å². The molecule has 3 N–H and O–H groups in total. The van der Waals surface area contributed by atoms with Crippen molar-refractivity contribution in [2.45, 2.75) is 50.9 Å². The van der Waals surface area contributed by atoms with Crippen molar-refractivity contribution < 1.29 is 15.3 Å². The SMILES string of the molecule is C=C(C)[C@H]1C[C@H](O)C(=C)CC[C@@H](O)C(=C)[C@@H](O)C1. The van der Waals surface area contributed by atoms with E-state index < -0.39 is 18.3 Å². The lowest BCUT2D eigenvalue weighted by Crippen LogP contribution is -2.28. The lowest BCUT2D eigenvalue weighted by Gasteiger charge is -2.29. The van der Waals surface area contributed by atoms with Gasteiger partial charge >= 0.3 is 0 Å². The van der Waals surface area contributed by atoms with Crippen molar-refractivity contribution >= 4 is 0 Å². The third kappa shape index (κ3) is 3.80. The number of rotatable bonds is 1. The molecule has 4 atom stereocenters. The van der Waals surface area contributed by atoms with Crippen molar-refractivity contribution in [1.82, 2.24) is 0 Å². The van der Waals surface area contributed by atoms with E-state index in [-0.39, 0.29) is 5.92 Å². The van der Waals surface area contributed by atoms with Crippen molar-refractivity contribution in [1.29, 1.82) is 0 Å². The highest BCUT2D eigenvalue weighted by atomic mass is 16.3. The van der Waals surface area contributed by atoms with E-state index in [4.69, 9.17) is 0 Å². The average molecular weight is 252 g/mol. The maximum Gasteiger partial charge on any atom is 0.0778 e. The smallest absolute Gasteiger partial charge is 0.0778 e. The van der Waals surface area contributed by atoms with E-state index in [1.165, 1.54) is 0 Å². The molecule has 102 valence electrons. The summed E-state index contributed by atoms with van der Waals surface area (Å²) in [6.45, 7) is 13.4. The predicted molar refractivity (Wildman–Crippen MR) is 73.1 cm³/mol. The van der Waals surface area contributed by atoms with Gasteiger partial charge in [-0.15, -0.1) is 0 Å². The minimum atomic E-state index is -0.750. The van der Waals surface area contributed by atoms with Crippen LogP contribution in [-0.2, 0) is 0 Å². The van der Waals surface area contributed by atoms with Crippen LogP contribution in [0.2, 0.25) is 0 Å². The molecule has 0 aromatic rings. The molecule has 0 amide bonds. The number of hydrogen-bond acceptors (Lipinski definition) is 3. The van der Waals surface area contributed by atoms with Gasteiger partial charge in [-0.3, -0.25) is 0 Å². The molecular weight excluding hydrogens is 228 g/mol. The van der Waals surface area contributed by atoms with Gasteiger partial charge in [0, 0.05) is 0 Å². The second kappa shape index (κ2) is 6.32. The first kappa shape index (κ1) is 15.2. The van der Waals surface area contributed by atoms with Gasteiger partial charge < -0.3 is 15.3 Å². The van der Waals surface area contributed by atoms with E-state index in [1.807, 2.05) is 6.92 Å². The number of allylic oxidation sites excluding steroid dienone is 1. The Labute approximate surface area is 109 Å². The van der Waals surface area contributed by atoms with Crippen molar-refractivity contribution in [3.8, 4) is 0 Å². The van der Waals surface area contributed by atoms with E-state index >= 15 is 0 Å². The summed E-state index contributed by atoms with van der Waals surface area (Å²) < 4.78 is 0. The van der Waals surface area contributed by atoms with Crippen LogP contribution in [0.5, 0.6) is 0 Å². The van der Waals surface area contributed by atoms with E-state index in [2.05, 4.69) is 19.7 Å². The van der Waals surface area contributed by atoms with Crippen LogP contribution in [0.15, 0.2) is 36.5 Å². The Morgan fingerprint density at radius 2 is 1.61 bits per heavy atom. The Kier molecular flexibility index (Phi) is 5.32. The lowest BCUT2D eigenvalue weighted by molar-refractivity contribution is 0.104. The third-order valence-corrected chi connectivity index (χ3v) is 3.78. The molecule has 0 aromatic heterocycles. The monoisotopic (exact) mass is 252 g/mol. The Hall–Kier alpha value is -0.900. The Bertz CT molecular complexity index is 346. The first-order chi connectivity index (χ1) is 8.32. The third-order valence-electron chi connectivity index (χ3n) is 3.78. The summed E-state index contributed by atoms with van der Waals surface area (Å²) in [5, 5.41) is 30.0. The molecule has 3 nitrogen and oxygen atoms in total. The van der Waals surface area contributed by atoms with Gasteiger partial charge in [-0.1, -0.05) is 25.3 Å². The quantitative estimate of drug-likeness (QED) is 0.625. The fraction of sp³-hybridized carbons (Fsp3) is 0.600. The Morgan fingerprint density at radius 3 is 2.17 bits per heavy atom.